The van der Waals surface area contributed by atoms with Crippen LogP contribution in [0.3, 0.4) is 0 Å². The summed E-state index contributed by atoms with van der Waals surface area (Å²) < 4.78 is 9.16. The maximum atomic E-state index is 12.9. The van der Waals surface area contributed by atoms with Gasteiger partial charge in [-0.15, -0.1) is 0 Å². The lowest BCUT2D eigenvalue weighted by Crippen LogP contribution is -2.46. The van der Waals surface area contributed by atoms with E-state index >= 15 is 0 Å². The zero-order valence-electron chi connectivity index (χ0n) is 19.6. The molecule has 0 saturated carbocycles. The summed E-state index contributed by atoms with van der Waals surface area (Å²) in [6.07, 6.45) is 1.66. The number of hydrogen-bond acceptors (Lipinski definition) is 5. The van der Waals surface area contributed by atoms with Crippen molar-refractivity contribution in [3.63, 3.8) is 0 Å². The molecule has 1 aromatic heterocycles. The normalized spacial score (nSPS) is 15.1. The minimum Gasteiger partial charge on any atom is -0.492 e. The molecule has 0 atom stereocenters. The molecule has 1 aliphatic heterocycles. The van der Waals surface area contributed by atoms with E-state index in [-0.39, 0.29) is 5.69 Å². The number of aryl methyl sites for hydroxylation is 2. The van der Waals surface area contributed by atoms with Gasteiger partial charge in [0, 0.05) is 52.2 Å². The van der Waals surface area contributed by atoms with Gasteiger partial charge in [-0.2, -0.15) is 5.10 Å². The smallest absolute Gasteiger partial charge is 0.346 e. The summed E-state index contributed by atoms with van der Waals surface area (Å²) in [6, 6.07) is 20.4. The molecule has 7 heteroatoms. The van der Waals surface area contributed by atoms with E-state index in [1.807, 2.05) is 37.3 Å². The SMILES string of the molecule is CCc1nn(CCCN2CCN(Cc3ccccc3)CC2)c(=O)n1CCOc1ccccc1. The summed E-state index contributed by atoms with van der Waals surface area (Å²) >= 11 is 0. The summed E-state index contributed by atoms with van der Waals surface area (Å²) in [6.45, 7) is 10.0. The maximum absolute atomic E-state index is 12.9. The van der Waals surface area contributed by atoms with Crippen LogP contribution in [0.5, 0.6) is 5.75 Å². The van der Waals surface area contributed by atoms with Crippen LogP contribution >= 0.6 is 0 Å². The van der Waals surface area contributed by atoms with E-state index in [4.69, 9.17) is 4.74 Å². The van der Waals surface area contributed by atoms with Crippen molar-refractivity contribution in [3.05, 3.63) is 82.5 Å². The maximum Gasteiger partial charge on any atom is 0.346 e. The Kier molecular flexibility index (Phi) is 8.33. The number of rotatable bonds is 11. The number of benzene rings is 2. The molecule has 2 aromatic carbocycles. The highest BCUT2D eigenvalue weighted by Gasteiger charge is 2.17. The molecule has 4 rings (SSSR count). The van der Waals surface area contributed by atoms with Crippen molar-refractivity contribution in [2.45, 2.75) is 39.4 Å². The second-order valence-corrected chi connectivity index (χ2v) is 8.55. The van der Waals surface area contributed by atoms with Gasteiger partial charge in [-0.25, -0.2) is 9.48 Å². The standard InChI is InChI=1S/C26H35N5O2/c1-2-25-27-31(26(32)30(25)20-21-33-24-12-7-4-8-13-24)15-9-14-28-16-18-29(19-17-28)22-23-10-5-3-6-11-23/h3-8,10-13H,2,9,14-22H2,1H3. The van der Waals surface area contributed by atoms with Gasteiger partial charge in [0.15, 0.2) is 0 Å². The summed E-state index contributed by atoms with van der Waals surface area (Å²) in [5.74, 6) is 1.64. The number of piperazine rings is 1. The summed E-state index contributed by atoms with van der Waals surface area (Å²) in [7, 11) is 0. The Labute approximate surface area is 196 Å². The summed E-state index contributed by atoms with van der Waals surface area (Å²) in [5, 5.41) is 4.58. The van der Waals surface area contributed by atoms with E-state index in [9.17, 15) is 4.79 Å². The molecule has 2 heterocycles. The molecule has 0 N–H and O–H groups in total. The highest BCUT2D eigenvalue weighted by atomic mass is 16.5. The molecule has 0 bridgehead atoms. The molecule has 0 aliphatic carbocycles. The molecule has 7 nitrogen and oxygen atoms in total. The Morgan fingerprint density at radius 2 is 1.52 bits per heavy atom. The minimum absolute atomic E-state index is 0.0313. The topological polar surface area (TPSA) is 55.5 Å². The van der Waals surface area contributed by atoms with Crippen molar-refractivity contribution >= 4 is 0 Å². The molecule has 0 radical (unpaired) electrons. The van der Waals surface area contributed by atoms with Crippen LogP contribution in [-0.2, 0) is 26.1 Å². The lowest BCUT2D eigenvalue weighted by molar-refractivity contribution is 0.124. The van der Waals surface area contributed by atoms with Crippen molar-refractivity contribution < 1.29 is 4.74 Å². The first-order valence-electron chi connectivity index (χ1n) is 12.1. The van der Waals surface area contributed by atoms with Gasteiger partial charge in [0.25, 0.3) is 0 Å². The molecule has 0 unspecified atom stereocenters. The van der Waals surface area contributed by atoms with Crippen molar-refractivity contribution in [2.75, 3.05) is 39.3 Å². The molecule has 0 amide bonds. The number of hydrogen-bond donors (Lipinski definition) is 0. The van der Waals surface area contributed by atoms with E-state index in [0.29, 0.717) is 19.7 Å². The Hall–Kier alpha value is -2.90. The predicted octanol–water partition coefficient (Wildman–Crippen LogP) is 2.89. The Bertz CT molecular complexity index is 1020. The third-order valence-electron chi connectivity index (χ3n) is 6.20. The Morgan fingerprint density at radius 1 is 0.848 bits per heavy atom. The van der Waals surface area contributed by atoms with Gasteiger partial charge in [0.05, 0.1) is 6.54 Å². The highest BCUT2D eigenvalue weighted by molar-refractivity contribution is 5.20. The first-order chi connectivity index (χ1) is 16.2. The third kappa shape index (κ3) is 6.55. The highest BCUT2D eigenvalue weighted by Crippen LogP contribution is 2.10. The molecule has 0 spiro atoms. The number of aromatic nitrogens is 3. The van der Waals surface area contributed by atoms with Crippen LogP contribution < -0.4 is 10.4 Å². The van der Waals surface area contributed by atoms with Crippen LogP contribution in [0.15, 0.2) is 65.5 Å². The fourth-order valence-electron chi connectivity index (χ4n) is 4.35. The molecular formula is C26H35N5O2. The fourth-order valence-corrected chi connectivity index (χ4v) is 4.35. The van der Waals surface area contributed by atoms with E-state index in [2.05, 4.69) is 45.2 Å². The Balaban J connectivity index is 1.21. The predicted molar refractivity (Wildman–Crippen MR) is 131 cm³/mol. The Morgan fingerprint density at radius 3 is 2.21 bits per heavy atom. The largest absolute Gasteiger partial charge is 0.492 e. The van der Waals surface area contributed by atoms with E-state index in [1.54, 1.807) is 9.25 Å². The fraction of sp³-hybridized carbons (Fsp3) is 0.462. The molecular weight excluding hydrogens is 414 g/mol. The van der Waals surface area contributed by atoms with Crippen molar-refractivity contribution in [1.29, 1.82) is 0 Å². The van der Waals surface area contributed by atoms with Crippen LogP contribution in [0.25, 0.3) is 0 Å². The van der Waals surface area contributed by atoms with Gasteiger partial charge in [-0.3, -0.25) is 9.47 Å². The average molecular weight is 450 g/mol. The first kappa shape index (κ1) is 23.3. The van der Waals surface area contributed by atoms with Crippen molar-refractivity contribution in [2.24, 2.45) is 0 Å². The van der Waals surface area contributed by atoms with Gasteiger partial charge in [0.1, 0.15) is 18.2 Å². The van der Waals surface area contributed by atoms with E-state index < -0.39 is 0 Å². The lowest BCUT2D eigenvalue weighted by Gasteiger charge is -2.34. The van der Waals surface area contributed by atoms with Crippen molar-refractivity contribution in [3.8, 4) is 5.75 Å². The monoisotopic (exact) mass is 449 g/mol. The summed E-state index contributed by atoms with van der Waals surface area (Å²) in [4.78, 5) is 17.9. The zero-order valence-corrected chi connectivity index (χ0v) is 19.6. The van der Waals surface area contributed by atoms with E-state index in [0.717, 1.165) is 63.7 Å². The van der Waals surface area contributed by atoms with Crippen molar-refractivity contribution in [1.82, 2.24) is 24.1 Å². The molecule has 176 valence electrons. The second kappa shape index (κ2) is 11.8. The number of ether oxygens (including phenoxy) is 1. The number of para-hydroxylation sites is 1. The van der Waals surface area contributed by atoms with Crippen LogP contribution in [-0.4, -0.2) is 63.5 Å². The third-order valence-corrected chi connectivity index (χ3v) is 6.20. The molecule has 33 heavy (non-hydrogen) atoms. The van der Waals surface area contributed by atoms with Crippen LogP contribution in [0.2, 0.25) is 0 Å². The lowest BCUT2D eigenvalue weighted by atomic mass is 10.2. The molecule has 1 aliphatic rings. The van der Waals surface area contributed by atoms with Gasteiger partial charge in [-0.05, 0) is 24.1 Å². The van der Waals surface area contributed by atoms with Gasteiger partial charge in [-0.1, -0.05) is 55.5 Å². The van der Waals surface area contributed by atoms with Gasteiger partial charge < -0.3 is 9.64 Å². The van der Waals surface area contributed by atoms with E-state index in [1.165, 1.54) is 5.56 Å². The second-order valence-electron chi connectivity index (χ2n) is 8.55. The molecule has 3 aromatic rings. The van der Waals surface area contributed by atoms with Crippen LogP contribution in [0.4, 0.5) is 0 Å². The van der Waals surface area contributed by atoms with Gasteiger partial charge in [0.2, 0.25) is 0 Å². The van der Waals surface area contributed by atoms with Crippen LogP contribution in [0.1, 0.15) is 24.7 Å². The summed E-state index contributed by atoms with van der Waals surface area (Å²) in [5.41, 5.74) is 1.35. The first-order valence-corrected chi connectivity index (χ1v) is 12.1. The molecule has 1 fully saturated rings. The quantitative estimate of drug-likeness (QED) is 0.451. The minimum atomic E-state index is -0.0313. The molecule has 1 saturated heterocycles. The average Bonchev–Trinajstić information content (AvgIpc) is 3.16. The van der Waals surface area contributed by atoms with Crippen LogP contribution in [0, 0.1) is 0 Å². The zero-order chi connectivity index (χ0) is 22.9. The number of nitrogens with zero attached hydrogens (tertiary/aromatic N) is 5. The van der Waals surface area contributed by atoms with Gasteiger partial charge >= 0.3 is 5.69 Å².